The Labute approximate surface area is 98.6 Å². The molecular formula is C10H13F2NO3S. The summed E-state index contributed by atoms with van der Waals surface area (Å²) in [6.07, 6.45) is 2.07. The lowest BCUT2D eigenvalue weighted by atomic mass is 10.1. The van der Waals surface area contributed by atoms with Crippen LogP contribution in [0.15, 0.2) is 24.1 Å². The van der Waals surface area contributed by atoms with Crippen LogP contribution in [0.1, 0.15) is 6.42 Å². The molecule has 0 N–H and O–H groups in total. The van der Waals surface area contributed by atoms with E-state index in [1.165, 1.54) is 0 Å². The van der Waals surface area contributed by atoms with Gasteiger partial charge in [0.1, 0.15) is 5.83 Å². The molecule has 1 heterocycles. The third-order valence-electron chi connectivity index (χ3n) is 2.81. The van der Waals surface area contributed by atoms with E-state index in [2.05, 4.69) is 0 Å². The first kappa shape index (κ1) is 12.7. The summed E-state index contributed by atoms with van der Waals surface area (Å²) in [5.74, 6) is -0.615. The van der Waals surface area contributed by atoms with Gasteiger partial charge >= 0.3 is 0 Å². The predicted octanol–water partition coefficient (Wildman–Crippen LogP) is 1.13. The Bertz CT molecular complexity index is 454. The molecular weight excluding hydrogens is 252 g/mol. The lowest BCUT2D eigenvalue weighted by molar-refractivity contribution is 0.0705. The largest absolute Gasteiger partial charge is 0.379 e. The van der Waals surface area contributed by atoms with Crippen molar-refractivity contribution in [2.75, 3.05) is 26.3 Å². The number of halogens is 2. The molecule has 17 heavy (non-hydrogen) atoms. The van der Waals surface area contributed by atoms with Crippen molar-refractivity contribution >= 4 is 10.0 Å². The van der Waals surface area contributed by atoms with Gasteiger partial charge in [0.05, 0.1) is 13.2 Å². The summed E-state index contributed by atoms with van der Waals surface area (Å²) in [6.45, 7) is 0.772. The van der Waals surface area contributed by atoms with E-state index in [1.54, 1.807) is 0 Å². The molecule has 1 fully saturated rings. The number of morpholine rings is 1. The molecule has 0 radical (unpaired) electrons. The maximum Gasteiger partial charge on any atom is 0.253 e. The van der Waals surface area contributed by atoms with E-state index >= 15 is 0 Å². The number of rotatable bonds is 2. The maximum absolute atomic E-state index is 14.3. The number of sulfonamides is 1. The quantitative estimate of drug-likeness (QED) is 0.752. The lowest BCUT2D eigenvalue weighted by Gasteiger charge is -2.32. The van der Waals surface area contributed by atoms with Crippen molar-refractivity contribution in [3.05, 3.63) is 24.1 Å². The highest BCUT2D eigenvalue weighted by Gasteiger charge is 2.46. The Morgan fingerprint density at radius 1 is 1.35 bits per heavy atom. The fourth-order valence-corrected chi connectivity index (χ4v) is 3.36. The first-order chi connectivity index (χ1) is 7.96. The minimum Gasteiger partial charge on any atom is -0.379 e. The van der Waals surface area contributed by atoms with Crippen LogP contribution in [-0.4, -0.2) is 44.0 Å². The molecule has 1 unspecified atom stereocenters. The average Bonchev–Trinajstić information content (AvgIpc) is 2.34. The summed E-state index contributed by atoms with van der Waals surface area (Å²) in [5.41, 5.74) is 0. The predicted molar refractivity (Wildman–Crippen MR) is 58.1 cm³/mol. The minimum atomic E-state index is -4.12. The van der Waals surface area contributed by atoms with Crippen LogP contribution < -0.4 is 0 Å². The van der Waals surface area contributed by atoms with Gasteiger partial charge in [-0.1, -0.05) is 0 Å². The zero-order valence-electron chi connectivity index (χ0n) is 9.10. The molecule has 1 aliphatic heterocycles. The topological polar surface area (TPSA) is 46.6 Å². The van der Waals surface area contributed by atoms with E-state index in [0.29, 0.717) is 0 Å². The summed E-state index contributed by atoms with van der Waals surface area (Å²) in [4.78, 5) is 0. The van der Waals surface area contributed by atoms with Crippen molar-refractivity contribution in [2.45, 2.75) is 11.4 Å². The number of ether oxygens (including phenoxy) is 1. The molecule has 1 atom stereocenters. The van der Waals surface area contributed by atoms with Crippen molar-refractivity contribution in [1.29, 1.82) is 0 Å². The van der Waals surface area contributed by atoms with Crippen LogP contribution in [0.3, 0.4) is 0 Å². The summed E-state index contributed by atoms with van der Waals surface area (Å²) < 4.78 is 57.3. The zero-order chi connectivity index (χ0) is 12.5. The molecule has 0 spiro atoms. The van der Waals surface area contributed by atoms with Gasteiger partial charge in [-0.3, -0.25) is 0 Å². The summed E-state index contributed by atoms with van der Waals surface area (Å²) in [6, 6.07) is 0. The van der Waals surface area contributed by atoms with Gasteiger partial charge in [-0.2, -0.15) is 4.31 Å². The zero-order valence-corrected chi connectivity index (χ0v) is 9.92. The number of nitrogens with zero attached hydrogens (tertiary/aromatic N) is 1. The molecule has 0 aromatic rings. The van der Waals surface area contributed by atoms with Crippen LogP contribution in [0.5, 0.6) is 0 Å². The summed E-state index contributed by atoms with van der Waals surface area (Å²) in [7, 11) is -4.12. The van der Waals surface area contributed by atoms with Crippen molar-refractivity contribution < 1.29 is 21.9 Å². The molecule has 0 aromatic heterocycles. The van der Waals surface area contributed by atoms with E-state index in [9.17, 15) is 17.2 Å². The molecule has 0 bridgehead atoms. The Morgan fingerprint density at radius 2 is 2.00 bits per heavy atom. The second-order valence-electron chi connectivity index (χ2n) is 3.93. The molecule has 2 aliphatic rings. The summed E-state index contributed by atoms with van der Waals surface area (Å²) in [5, 5.41) is -2.54. The van der Waals surface area contributed by atoms with Crippen molar-refractivity contribution in [2.24, 2.45) is 0 Å². The smallest absolute Gasteiger partial charge is 0.253 e. The Balaban J connectivity index is 2.23. The van der Waals surface area contributed by atoms with Crippen LogP contribution in [-0.2, 0) is 14.8 Å². The van der Waals surface area contributed by atoms with Crippen LogP contribution in [0.25, 0.3) is 0 Å². The highest BCUT2D eigenvalue weighted by molar-refractivity contribution is 7.90. The van der Waals surface area contributed by atoms with E-state index in [-0.39, 0.29) is 26.3 Å². The summed E-state index contributed by atoms with van der Waals surface area (Å²) >= 11 is 0. The van der Waals surface area contributed by atoms with Crippen molar-refractivity contribution in [3.63, 3.8) is 0 Å². The highest BCUT2D eigenvalue weighted by atomic mass is 32.2. The normalized spacial score (nSPS) is 31.3. The van der Waals surface area contributed by atoms with Gasteiger partial charge in [0.2, 0.25) is 5.00 Å². The van der Waals surface area contributed by atoms with Gasteiger partial charge in [0.25, 0.3) is 10.0 Å². The van der Waals surface area contributed by atoms with Gasteiger partial charge in [0.15, 0.2) is 0 Å². The number of alkyl halides is 1. The first-order valence-corrected chi connectivity index (χ1v) is 6.71. The molecule has 7 heteroatoms. The van der Waals surface area contributed by atoms with Crippen LogP contribution in [0.4, 0.5) is 8.78 Å². The molecule has 1 saturated heterocycles. The van der Waals surface area contributed by atoms with Crippen LogP contribution in [0, 0.1) is 0 Å². The average molecular weight is 265 g/mol. The molecule has 1 aliphatic carbocycles. The molecule has 4 nitrogen and oxygen atoms in total. The Morgan fingerprint density at radius 3 is 2.53 bits per heavy atom. The molecule has 0 amide bonds. The number of allylic oxidation sites excluding steroid dienone is 3. The monoisotopic (exact) mass is 265 g/mol. The van der Waals surface area contributed by atoms with Crippen LogP contribution in [0.2, 0.25) is 0 Å². The molecule has 0 aromatic carbocycles. The Hall–Kier alpha value is -0.790. The third-order valence-corrected chi connectivity index (χ3v) is 5.01. The van der Waals surface area contributed by atoms with E-state index in [1.807, 2.05) is 0 Å². The SMILES string of the molecule is O=S(=O)(N1CCOCC1)C1(F)C=CC(F)=CC1. The second kappa shape index (κ2) is 4.47. The lowest BCUT2D eigenvalue weighted by Crippen LogP contribution is -2.49. The highest BCUT2D eigenvalue weighted by Crippen LogP contribution is 2.33. The minimum absolute atomic E-state index is 0.133. The number of hydrogen-bond acceptors (Lipinski definition) is 3. The van der Waals surface area contributed by atoms with E-state index < -0.39 is 27.3 Å². The van der Waals surface area contributed by atoms with E-state index in [4.69, 9.17) is 4.74 Å². The molecule has 96 valence electrons. The third kappa shape index (κ3) is 2.27. The van der Waals surface area contributed by atoms with Crippen molar-refractivity contribution in [1.82, 2.24) is 4.31 Å². The maximum atomic E-state index is 14.3. The van der Waals surface area contributed by atoms with Crippen LogP contribution >= 0.6 is 0 Å². The van der Waals surface area contributed by atoms with Gasteiger partial charge < -0.3 is 4.74 Å². The first-order valence-electron chi connectivity index (χ1n) is 5.27. The molecule has 2 rings (SSSR count). The standard InChI is InChI=1S/C10H13F2NO3S/c11-9-1-3-10(12,4-2-9)17(14,15)13-5-7-16-8-6-13/h1-3H,4-8H2. The van der Waals surface area contributed by atoms with Gasteiger partial charge in [-0.25, -0.2) is 17.2 Å². The van der Waals surface area contributed by atoms with Gasteiger partial charge in [0, 0.05) is 19.5 Å². The van der Waals surface area contributed by atoms with Gasteiger partial charge in [-0.15, -0.1) is 0 Å². The molecule has 0 saturated carbocycles. The fourth-order valence-electron chi connectivity index (χ4n) is 1.77. The van der Waals surface area contributed by atoms with Gasteiger partial charge in [-0.05, 0) is 18.2 Å². The second-order valence-corrected chi connectivity index (χ2v) is 6.07. The van der Waals surface area contributed by atoms with Crippen molar-refractivity contribution in [3.8, 4) is 0 Å². The fraction of sp³-hybridized carbons (Fsp3) is 0.600. The Kier molecular flexibility index (Phi) is 3.33. The van der Waals surface area contributed by atoms with E-state index in [0.717, 1.165) is 22.5 Å². The number of hydrogen-bond donors (Lipinski definition) is 0.